The lowest BCUT2D eigenvalue weighted by Gasteiger charge is -2.22. The van der Waals surface area contributed by atoms with Crippen molar-refractivity contribution in [1.82, 2.24) is 4.98 Å². The van der Waals surface area contributed by atoms with Crippen molar-refractivity contribution in [1.29, 1.82) is 0 Å². The molecule has 1 aliphatic carbocycles. The molecule has 0 bridgehead atoms. The fraction of sp³-hybridized carbons (Fsp3) is 0.333. The molecule has 0 spiro atoms. The molecule has 1 amide bonds. The van der Waals surface area contributed by atoms with Gasteiger partial charge in [0.05, 0.1) is 13.2 Å². The number of carbonyl (C=O) groups excluding carboxylic acids is 1. The highest BCUT2D eigenvalue weighted by molar-refractivity contribution is 5.88. The summed E-state index contributed by atoms with van der Waals surface area (Å²) >= 11 is 0. The number of ether oxygens (including phenoxy) is 2. The predicted molar refractivity (Wildman–Crippen MR) is 126 cm³/mol. The first-order valence-electron chi connectivity index (χ1n) is 11.2. The Labute approximate surface area is 189 Å². The molecule has 5 heteroatoms. The van der Waals surface area contributed by atoms with Gasteiger partial charge in [-0.15, -0.1) is 0 Å². The van der Waals surface area contributed by atoms with E-state index >= 15 is 0 Å². The summed E-state index contributed by atoms with van der Waals surface area (Å²) in [6.45, 7) is 1.52. The smallest absolute Gasteiger partial charge is 0.221 e. The minimum absolute atomic E-state index is 0.0741. The van der Waals surface area contributed by atoms with E-state index in [2.05, 4.69) is 46.7 Å². The van der Waals surface area contributed by atoms with E-state index in [1.54, 1.807) is 7.11 Å². The molecule has 1 aromatic heterocycles. The van der Waals surface area contributed by atoms with Gasteiger partial charge in [-0.2, -0.15) is 0 Å². The van der Waals surface area contributed by atoms with Crippen LogP contribution in [-0.4, -0.2) is 24.1 Å². The van der Waals surface area contributed by atoms with Crippen LogP contribution in [0.1, 0.15) is 55.2 Å². The van der Waals surface area contributed by atoms with E-state index in [4.69, 9.17) is 9.47 Å². The lowest BCUT2D eigenvalue weighted by atomic mass is 9.86. The van der Waals surface area contributed by atoms with Gasteiger partial charge in [0.1, 0.15) is 0 Å². The van der Waals surface area contributed by atoms with Crippen LogP contribution in [0.25, 0.3) is 0 Å². The van der Waals surface area contributed by atoms with Crippen molar-refractivity contribution in [3.05, 3.63) is 83.7 Å². The number of anilines is 1. The molecular weight excluding hydrogens is 400 g/mol. The van der Waals surface area contributed by atoms with Gasteiger partial charge in [0.25, 0.3) is 0 Å². The van der Waals surface area contributed by atoms with Crippen LogP contribution < -0.4 is 14.8 Å². The molecule has 1 N–H and O–H groups in total. The van der Waals surface area contributed by atoms with Crippen LogP contribution in [0.5, 0.6) is 11.5 Å². The topological polar surface area (TPSA) is 60.5 Å². The van der Waals surface area contributed by atoms with E-state index in [9.17, 15) is 4.79 Å². The number of rotatable bonds is 8. The third-order valence-corrected chi connectivity index (χ3v) is 6.01. The van der Waals surface area contributed by atoms with E-state index in [1.807, 2.05) is 30.6 Å². The molecule has 1 atom stereocenters. The first kappa shape index (κ1) is 21.9. The Morgan fingerprint density at radius 3 is 2.34 bits per heavy atom. The maximum atomic E-state index is 11.4. The first-order chi connectivity index (χ1) is 15.6. The Balaban J connectivity index is 1.68. The second kappa shape index (κ2) is 10.3. The molecule has 0 radical (unpaired) electrons. The molecule has 1 saturated carbocycles. The van der Waals surface area contributed by atoms with Crippen LogP contribution in [0.4, 0.5) is 5.69 Å². The summed E-state index contributed by atoms with van der Waals surface area (Å²) in [6, 6.07) is 18.4. The van der Waals surface area contributed by atoms with Gasteiger partial charge >= 0.3 is 0 Å². The van der Waals surface area contributed by atoms with Crippen LogP contribution in [-0.2, 0) is 11.2 Å². The first-order valence-corrected chi connectivity index (χ1v) is 11.2. The van der Waals surface area contributed by atoms with E-state index < -0.39 is 0 Å². The normalized spacial score (nSPS) is 14.7. The average Bonchev–Trinajstić information content (AvgIpc) is 3.32. The predicted octanol–water partition coefficient (Wildman–Crippen LogP) is 5.74. The maximum absolute atomic E-state index is 11.4. The van der Waals surface area contributed by atoms with Crippen LogP contribution in [0.15, 0.2) is 67.0 Å². The molecule has 32 heavy (non-hydrogen) atoms. The summed E-state index contributed by atoms with van der Waals surface area (Å²) in [5.41, 5.74) is 4.35. The van der Waals surface area contributed by atoms with Gasteiger partial charge in [0.15, 0.2) is 11.5 Å². The lowest BCUT2D eigenvalue weighted by molar-refractivity contribution is -0.114. The molecule has 1 fully saturated rings. The van der Waals surface area contributed by atoms with Gasteiger partial charge in [-0.1, -0.05) is 18.2 Å². The number of nitrogens with zero attached hydrogens (tertiary/aromatic N) is 1. The highest BCUT2D eigenvalue weighted by atomic mass is 16.5. The largest absolute Gasteiger partial charge is 0.493 e. The van der Waals surface area contributed by atoms with Gasteiger partial charge in [-0.05, 0) is 85.2 Å². The number of pyridine rings is 1. The van der Waals surface area contributed by atoms with Crippen molar-refractivity contribution in [3.8, 4) is 11.5 Å². The third-order valence-electron chi connectivity index (χ3n) is 6.01. The Bertz CT molecular complexity index is 1030. The van der Waals surface area contributed by atoms with Crippen molar-refractivity contribution in [2.24, 2.45) is 0 Å². The summed E-state index contributed by atoms with van der Waals surface area (Å²) in [6.07, 6.45) is 9.38. The lowest BCUT2D eigenvalue weighted by Crippen LogP contribution is -2.13. The fourth-order valence-corrected chi connectivity index (χ4v) is 4.37. The zero-order chi connectivity index (χ0) is 22.3. The van der Waals surface area contributed by atoms with Crippen molar-refractivity contribution in [2.45, 2.75) is 51.0 Å². The summed E-state index contributed by atoms with van der Waals surface area (Å²) in [5, 5.41) is 2.84. The van der Waals surface area contributed by atoms with Gasteiger partial charge in [-0.3, -0.25) is 9.78 Å². The Morgan fingerprint density at radius 1 is 1.00 bits per heavy atom. The minimum Gasteiger partial charge on any atom is -0.493 e. The summed E-state index contributed by atoms with van der Waals surface area (Å²) < 4.78 is 11.9. The number of hydrogen-bond donors (Lipinski definition) is 1. The molecule has 1 unspecified atom stereocenters. The number of nitrogens with one attached hydrogen (secondary N) is 1. The molecule has 3 aromatic rings. The van der Waals surface area contributed by atoms with E-state index in [-0.39, 0.29) is 17.9 Å². The number of hydrogen-bond acceptors (Lipinski definition) is 4. The van der Waals surface area contributed by atoms with Crippen LogP contribution in [0.2, 0.25) is 0 Å². The molecule has 0 saturated heterocycles. The summed E-state index contributed by atoms with van der Waals surface area (Å²) in [4.78, 5) is 15.5. The van der Waals surface area contributed by atoms with Crippen LogP contribution >= 0.6 is 0 Å². The van der Waals surface area contributed by atoms with Crippen molar-refractivity contribution < 1.29 is 14.3 Å². The molecule has 1 heterocycles. The zero-order valence-corrected chi connectivity index (χ0v) is 18.7. The second-order valence-electron chi connectivity index (χ2n) is 8.35. The summed E-state index contributed by atoms with van der Waals surface area (Å²) in [5.74, 6) is 1.63. The number of methoxy groups -OCH3 is 1. The zero-order valence-electron chi connectivity index (χ0n) is 18.7. The average molecular weight is 431 g/mol. The van der Waals surface area contributed by atoms with E-state index in [1.165, 1.54) is 36.5 Å². The minimum atomic E-state index is -0.0741. The SMILES string of the molecule is COc1ccc(C(Cc2ccncc2)c2ccc(NC(C)=O)cc2)cc1OC1CCCC1. The molecular formula is C27H30N2O3. The van der Waals surface area contributed by atoms with Crippen LogP contribution in [0.3, 0.4) is 0 Å². The van der Waals surface area contributed by atoms with Gasteiger partial charge in [-0.25, -0.2) is 0 Å². The molecule has 166 valence electrons. The Hall–Kier alpha value is -3.34. The molecule has 1 aliphatic rings. The molecule has 5 nitrogen and oxygen atoms in total. The monoisotopic (exact) mass is 430 g/mol. The summed E-state index contributed by atoms with van der Waals surface area (Å²) in [7, 11) is 1.69. The van der Waals surface area contributed by atoms with Gasteiger partial charge < -0.3 is 14.8 Å². The number of carbonyl (C=O) groups is 1. The number of aromatic nitrogens is 1. The highest BCUT2D eigenvalue weighted by Crippen LogP contribution is 2.37. The highest BCUT2D eigenvalue weighted by Gasteiger charge is 2.21. The quantitative estimate of drug-likeness (QED) is 0.495. The fourth-order valence-electron chi connectivity index (χ4n) is 4.37. The molecule has 2 aromatic carbocycles. The van der Waals surface area contributed by atoms with Crippen LogP contribution in [0, 0.1) is 0 Å². The van der Waals surface area contributed by atoms with Gasteiger partial charge in [0.2, 0.25) is 5.91 Å². The van der Waals surface area contributed by atoms with Crippen molar-refractivity contribution >= 4 is 11.6 Å². The number of benzene rings is 2. The Morgan fingerprint density at radius 2 is 1.69 bits per heavy atom. The van der Waals surface area contributed by atoms with E-state index in [0.29, 0.717) is 0 Å². The maximum Gasteiger partial charge on any atom is 0.221 e. The second-order valence-corrected chi connectivity index (χ2v) is 8.35. The Kier molecular flexibility index (Phi) is 7.05. The van der Waals surface area contributed by atoms with Crippen molar-refractivity contribution in [3.63, 3.8) is 0 Å². The molecule has 4 rings (SSSR count). The third kappa shape index (κ3) is 5.47. The van der Waals surface area contributed by atoms with Gasteiger partial charge in [0, 0.05) is 30.9 Å². The van der Waals surface area contributed by atoms with Crippen molar-refractivity contribution in [2.75, 3.05) is 12.4 Å². The standard InChI is InChI=1S/C27H30N2O3/c1-19(30)29-23-10-7-21(8-11-23)25(17-20-13-15-28-16-14-20)22-9-12-26(31-2)27(18-22)32-24-5-3-4-6-24/h7-16,18,24-25H,3-6,17H2,1-2H3,(H,29,30). The number of amides is 1. The van der Waals surface area contributed by atoms with E-state index in [0.717, 1.165) is 36.4 Å². The molecule has 0 aliphatic heterocycles.